The van der Waals surface area contributed by atoms with E-state index < -0.39 is 0 Å². The zero-order valence-electron chi connectivity index (χ0n) is 7.87. The molecule has 70 valence electrons. The summed E-state index contributed by atoms with van der Waals surface area (Å²) in [6, 6.07) is 11.7. The Morgan fingerprint density at radius 2 is 1.93 bits per heavy atom. The predicted molar refractivity (Wildman–Crippen MR) is 59.4 cm³/mol. The summed E-state index contributed by atoms with van der Waals surface area (Å²) in [4.78, 5) is 4.29. The minimum atomic E-state index is 0.785. The molecule has 0 fully saturated rings. The van der Waals surface area contributed by atoms with Crippen molar-refractivity contribution in [3.63, 3.8) is 0 Å². The normalized spacial score (nSPS) is 10.1. The molecule has 2 rings (SSSR count). The number of pyridine rings is 1. The van der Waals surface area contributed by atoms with Gasteiger partial charge in [0.25, 0.3) is 0 Å². The minimum absolute atomic E-state index is 0.785. The summed E-state index contributed by atoms with van der Waals surface area (Å²) in [5.74, 6) is 0. The molecule has 0 saturated heterocycles. The van der Waals surface area contributed by atoms with Gasteiger partial charge in [-0.3, -0.25) is 4.98 Å². The van der Waals surface area contributed by atoms with E-state index in [-0.39, 0.29) is 0 Å². The van der Waals surface area contributed by atoms with Gasteiger partial charge in [0.05, 0.1) is 5.69 Å². The SMILES string of the molecule is Cc1c(Cl)cccc1-c1ccccn1. The summed E-state index contributed by atoms with van der Waals surface area (Å²) in [7, 11) is 0. The third kappa shape index (κ3) is 1.64. The van der Waals surface area contributed by atoms with E-state index >= 15 is 0 Å². The van der Waals surface area contributed by atoms with Crippen molar-refractivity contribution in [2.24, 2.45) is 0 Å². The van der Waals surface area contributed by atoms with Gasteiger partial charge in [-0.1, -0.05) is 29.8 Å². The van der Waals surface area contributed by atoms with Crippen molar-refractivity contribution in [3.05, 3.63) is 53.2 Å². The van der Waals surface area contributed by atoms with Gasteiger partial charge in [0.2, 0.25) is 0 Å². The molecule has 1 aromatic carbocycles. The summed E-state index contributed by atoms with van der Waals surface area (Å²) >= 11 is 6.04. The van der Waals surface area contributed by atoms with Crippen LogP contribution in [0.15, 0.2) is 42.6 Å². The zero-order valence-corrected chi connectivity index (χ0v) is 8.62. The van der Waals surface area contributed by atoms with Crippen molar-refractivity contribution in [2.45, 2.75) is 6.92 Å². The lowest BCUT2D eigenvalue weighted by molar-refractivity contribution is 1.31. The molecule has 14 heavy (non-hydrogen) atoms. The van der Waals surface area contributed by atoms with Crippen molar-refractivity contribution in [3.8, 4) is 11.3 Å². The molecule has 2 aromatic rings. The molecule has 1 nitrogen and oxygen atoms in total. The van der Waals surface area contributed by atoms with Crippen LogP contribution in [-0.2, 0) is 0 Å². The van der Waals surface area contributed by atoms with E-state index in [1.807, 2.05) is 43.3 Å². The zero-order chi connectivity index (χ0) is 9.97. The van der Waals surface area contributed by atoms with Gasteiger partial charge in [0.15, 0.2) is 0 Å². The number of hydrogen-bond donors (Lipinski definition) is 0. The lowest BCUT2D eigenvalue weighted by Gasteiger charge is -2.05. The van der Waals surface area contributed by atoms with Crippen LogP contribution in [0.1, 0.15) is 5.56 Å². The van der Waals surface area contributed by atoms with E-state index in [4.69, 9.17) is 11.6 Å². The summed E-state index contributed by atoms with van der Waals surface area (Å²) in [6.07, 6.45) is 1.79. The molecule has 0 atom stereocenters. The average molecular weight is 204 g/mol. The molecule has 0 aliphatic rings. The summed E-state index contributed by atoms with van der Waals surface area (Å²) in [5.41, 5.74) is 3.14. The summed E-state index contributed by atoms with van der Waals surface area (Å²) < 4.78 is 0. The fourth-order valence-corrected chi connectivity index (χ4v) is 1.58. The Labute approximate surface area is 88.4 Å². The van der Waals surface area contributed by atoms with Crippen LogP contribution in [0, 0.1) is 6.92 Å². The largest absolute Gasteiger partial charge is 0.256 e. The van der Waals surface area contributed by atoms with Crippen molar-refractivity contribution >= 4 is 11.6 Å². The van der Waals surface area contributed by atoms with Crippen LogP contribution in [-0.4, -0.2) is 4.98 Å². The Morgan fingerprint density at radius 1 is 1.07 bits per heavy atom. The first kappa shape index (κ1) is 9.22. The number of halogens is 1. The molecule has 0 bridgehead atoms. The molecule has 0 amide bonds. The Balaban J connectivity index is 2.58. The third-order valence-electron chi connectivity index (χ3n) is 2.21. The molecule has 1 aromatic heterocycles. The maximum Gasteiger partial charge on any atom is 0.0705 e. The smallest absolute Gasteiger partial charge is 0.0705 e. The monoisotopic (exact) mass is 203 g/mol. The van der Waals surface area contributed by atoms with E-state index in [1.165, 1.54) is 0 Å². The van der Waals surface area contributed by atoms with Gasteiger partial charge in [-0.05, 0) is 30.7 Å². The third-order valence-corrected chi connectivity index (χ3v) is 2.62. The Hall–Kier alpha value is -1.34. The highest BCUT2D eigenvalue weighted by molar-refractivity contribution is 6.31. The van der Waals surface area contributed by atoms with E-state index in [1.54, 1.807) is 6.20 Å². The number of nitrogens with zero attached hydrogens (tertiary/aromatic N) is 1. The fourth-order valence-electron chi connectivity index (χ4n) is 1.41. The predicted octanol–water partition coefficient (Wildman–Crippen LogP) is 3.71. The number of hydrogen-bond acceptors (Lipinski definition) is 1. The highest BCUT2D eigenvalue weighted by Gasteiger charge is 2.04. The second kappa shape index (κ2) is 3.81. The summed E-state index contributed by atoms with van der Waals surface area (Å²) in [5, 5.41) is 0.785. The highest BCUT2D eigenvalue weighted by Crippen LogP contribution is 2.26. The van der Waals surface area contributed by atoms with E-state index in [2.05, 4.69) is 4.98 Å². The van der Waals surface area contributed by atoms with E-state index in [0.29, 0.717) is 0 Å². The fraction of sp³-hybridized carbons (Fsp3) is 0.0833. The van der Waals surface area contributed by atoms with Gasteiger partial charge in [-0.25, -0.2) is 0 Å². The lowest BCUT2D eigenvalue weighted by atomic mass is 10.1. The maximum absolute atomic E-state index is 6.04. The standard InChI is InChI=1S/C12H10ClN/c1-9-10(5-4-6-11(9)13)12-7-2-3-8-14-12/h2-8H,1H3. The molecule has 0 aliphatic heterocycles. The molecule has 2 heteroatoms. The first-order valence-electron chi connectivity index (χ1n) is 4.45. The lowest BCUT2D eigenvalue weighted by Crippen LogP contribution is -1.86. The Bertz CT molecular complexity index is 437. The van der Waals surface area contributed by atoms with Crippen LogP contribution in [0.25, 0.3) is 11.3 Å². The van der Waals surface area contributed by atoms with Crippen LogP contribution < -0.4 is 0 Å². The second-order valence-electron chi connectivity index (χ2n) is 3.13. The van der Waals surface area contributed by atoms with Crippen molar-refractivity contribution in [2.75, 3.05) is 0 Å². The topological polar surface area (TPSA) is 12.9 Å². The molecule has 0 aliphatic carbocycles. The minimum Gasteiger partial charge on any atom is -0.256 e. The van der Waals surface area contributed by atoms with E-state index in [9.17, 15) is 0 Å². The molecule has 0 radical (unpaired) electrons. The van der Waals surface area contributed by atoms with Gasteiger partial charge >= 0.3 is 0 Å². The second-order valence-corrected chi connectivity index (χ2v) is 3.53. The Kier molecular flexibility index (Phi) is 2.51. The van der Waals surface area contributed by atoms with Crippen molar-refractivity contribution < 1.29 is 0 Å². The van der Waals surface area contributed by atoms with Gasteiger partial charge in [-0.2, -0.15) is 0 Å². The van der Waals surface area contributed by atoms with Crippen LogP contribution in [0.2, 0.25) is 5.02 Å². The molecular formula is C12H10ClN. The number of benzene rings is 1. The van der Waals surface area contributed by atoms with Gasteiger partial charge in [0.1, 0.15) is 0 Å². The van der Waals surface area contributed by atoms with Gasteiger partial charge in [0, 0.05) is 16.8 Å². The Morgan fingerprint density at radius 3 is 2.64 bits per heavy atom. The van der Waals surface area contributed by atoms with E-state index in [0.717, 1.165) is 21.8 Å². The molecular weight excluding hydrogens is 194 g/mol. The van der Waals surface area contributed by atoms with Crippen LogP contribution in [0.4, 0.5) is 0 Å². The van der Waals surface area contributed by atoms with Crippen molar-refractivity contribution in [1.29, 1.82) is 0 Å². The van der Waals surface area contributed by atoms with Gasteiger partial charge in [-0.15, -0.1) is 0 Å². The first-order valence-corrected chi connectivity index (χ1v) is 4.83. The molecule has 1 heterocycles. The first-order chi connectivity index (χ1) is 6.79. The molecule has 0 unspecified atom stereocenters. The average Bonchev–Trinajstić information content (AvgIpc) is 2.23. The number of rotatable bonds is 1. The molecule has 0 N–H and O–H groups in total. The highest BCUT2D eigenvalue weighted by atomic mass is 35.5. The number of aromatic nitrogens is 1. The maximum atomic E-state index is 6.04. The molecule has 0 spiro atoms. The van der Waals surface area contributed by atoms with Crippen LogP contribution in [0.3, 0.4) is 0 Å². The molecule has 0 saturated carbocycles. The summed E-state index contributed by atoms with van der Waals surface area (Å²) in [6.45, 7) is 2.01. The van der Waals surface area contributed by atoms with Crippen molar-refractivity contribution in [1.82, 2.24) is 4.98 Å². The quantitative estimate of drug-likeness (QED) is 0.689. The van der Waals surface area contributed by atoms with Crippen LogP contribution >= 0.6 is 11.6 Å². The van der Waals surface area contributed by atoms with Gasteiger partial charge < -0.3 is 0 Å². The van der Waals surface area contributed by atoms with Crippen LogP contribution in [0.5, 0.6) is 0 Å².